The van der Waals surface area contributed by atoms with E-state index in [4.69, 9.17) is 10.2 Å². The van der Waals surface area contributed by atoms with Crippen molar-refractivity contribution in [3.8, 4) is 0 Å². The average molecular weight is 398 g/mol. The van der Waals surface area contributed by atoms with Crippen LogP contribution in [0.5, 0.6) is 0 Å². The Kier molecular flexibility index (Phi) is 5.22. The molecule has 0 fully saturated rings. The fraction of sp³-hybridized carbons (Fsp3) is 0.250. The second kappa shape index (κ2) is 7.43. The summed E-state index contributed by atoms with van der Waals surface area (Å²) < 4.78 is 48.3. The van der Waals surface area contributed by atoms with Crippen molar-refractivity contribution in [1.29, 1.82) is 0 Å². The SMILES string of the molecule is COC(=O)c1coc2cnc(CCSc3nc(N)cc(C(F)(F)F)n3)cc12. The number of furan rings is 1. The second-order valence-corrected chi connectivity index (χ2v) is 6.43. The number of pyridine rings is 1. The summed E-state index contributed by atoms with van der Waals surface area (Å²) in [5, 5.41) is 0.485. The van der Waals surface area contributed by atoms with Crippen molar-refractivity contribution in [2.24, 2.45) is 0 Å². The second-order valence-electron chi connectivity index (χ2n) is 5.37. The Morgan fingerprint density at radius 2 is 2.11 bits per heavy atom. The van der Waals surface area contributed by atoms with Crippen LogP contribution in [0.25, 0.3) is 11.0 Å². The van der Waals surface area contributed by atoms with Gasteiger partial charge in [-0.3, -0.25) is 4.98 Å². The van der Waals surface area contributed by atoms with Crippen LogP contribution < -0.4 is 5.73 Å². The molecule has 0 atom stereocenters. The number of thioether (sulfide) groups is 1. The first-order chi connectivity index (χ1) is 12.8. The molecule has 0 aromatic carbocycles. The molecule has 2 N–H and O–H groups in total. The van der Waals surface area contributed by atoms with Crippen molar-refractivity contribution in [1.82, 2.24) is 15.0 Å². The number of carbonyl (C=O) groups is 1. The van der Waals surface area contributed by atoms with Gasteiger partial charge in [0.25, 0.3) is 0 Å². The molecule has 0 spiro atoms. The molecule has 0 amide bonds. The van der Waals surface area contributed by atoms with E-state index in [9.17, 15) is 18.0 Å². The summed E-state index contributed by atoms with van der Waals surface area (Å²) >= 11 is 1.02. The largest absolute Gasteiger partial charge is 0.465 e. The van der Waals surface area contributed by atoms with E-state index < -0.39 is 17.8 Å². The number of hydrogen-bond acceptors (Lipinski definition) is 8. The number of methoxy groups -OCH3 is 1. The molecule has 27 heavy (non-hydrogen) atoms. The molecule has 0 radical (unpaired) electrons. The van der Waals surface area contributed by atoms with Gasteiger partial charge >= 0.3 is 12.1 Å². The van der Waals surface area contributed by atoms with E-state index in [1.807, 2.05) is 0 Å². The number of hydrogen-bond donors (Lipinski definition) is 1. The molecule has 0 saturated heterocycles. The first kappa shape index (κ1) is 19.0. The van der Waals surface area contributed by atoms with Gasteiger partial charge in [-0.15, -0.1) is 0 Å². The average Bonchev–Trinajstić information content (AvgIpc) is 3.03. The third kappa shape index (κ3) is 4.30. The number of alkyl halides is 3. The maximum Gasteiger partial charge on any atom is 0.433 e. The Morgan fingerprint density at radius 1 is 1.33 bits per heavy atom. The normalized spacial score (nSPS) is 11.7. The van der Waals surface area contributed by atoms with Crippen molar-refractivity contribution in [2.45, 2.75) is 17.8 Å². The number of aromatic nitrogens is 3. The Labute approximate surface area is 155 Å². The lowest BCUT2D eigenvalue weighted by molar-refractivity contribution is -0.141. The quantitative estimate of drug-likeness (QED) is 0.396. The van der Waals surface area contributed by atoms with E-state index in [1.54, 1.807) is 6.07 Å². The van der Waals surface area contributed by atoms with E-state index in [0.717, 1.165) is 11.8 Å². The Morgan fingerprint density at radius 3 is 2.81 bits per heavy atom. The molecular formula is C16H13F3N4O3S. The summed E-state index contributed by atoms with van der Waals surface area (Å²) in [4.78, 5) is 23.2. The number of anilines is 1. The van der Waals surface area contributed by atoms with E-state index in [1.165, 1.54) is 19.6 Å². The highest BCUT2D eigenvalue weighted by atomic mass is 32.2. The molecule has 3 aromatic heterocycles. The fourth-order valence-electron chi connectivity index (χ4n) is 2.28. The third-order valence-electron chi connectivity index (χ3n) is 3.53. The van der Waals surface area contributed by atoms with Crippen molar-refractivity contribution < 1.29 is 27.1 Å². The highest BCUT2D eigenvalue weighted by Crippen LogP contribution is 2.30. The highest BCUT2D eigenvalue weighted by Gasteiger charge is 2.33. The van der Waals surface area contributed by atoms with Crippen molar-refractivity contribution in [2.75, 3.05) is 18.6 Å². The summed E-state index contributed by atoms with van der Waals surface area (Å²) in [6, 6.07) is 2.36. The lowest BCUT2D eigenvalue weighted by atomic mass is 10.1. The van der Waals surface area contributed by atoms with Crippen LogP contribution in [-0.4, -0.2) is 33.8 Å². The molecule has 0 unspecified atom stereocenters. The standard InChI is InChI=1S/C16H13F3N4O3S/c1-25-14(24)10-7-26-11-6-21-8(4-9(10)11)2-3-27-15-22-12(16(17,18)19)5-13(20)23-15/h4-7H,2-3H2,1H3,(H2,20,22,23). The van der Waals surface area contributed by atoms with E-state index in [0.29, 0.717) is 34.9 Å². The number of ether oxygens (including phenoxy) is 1. The molecule has 0 saturated carbocycles. The summed E-state index contributed by atoms with van der Waals surface area (Å²) in [5.41, 5.74) is 5.66. The molecule has 142 valence electrons. The summed E-state index contributed by atoms with van der Waals surface area (Å²) in [7, 11) is 1.26. The molecule has 0 aliphatic carbocycles. The van der Waals surface area contributed by atoms with Crippen molar-refractivity contribution >= 4 is 34.5 Å². The lowest BCUT2D eigenvalue weighted by Gasteiger charge is -2.08. The molecule has 0 bridgehead atoms. The van der Waals surface area contributed by atoms with Crippen LogP contribution >= 0.6 is 11.8 Å². The number of esters is 1. The van der Waals surface area contributed by atoms with Gasteiger partial charge in [0.05, 0.1) is 13.3 Å². The Bertz CT molecular complexity index is 991. The van der Waals surface area contributed by atoms with E-state index in [2.05, 4.69) is 19.7 Å². The monoisotopic (exact) mass is 398 g/mol. The van der Waals surface area contributed by atoms with Gasteiger partial charge in [-0.1, -0.05) is 11.8 Å². The zero-order valence-electron chi connectivity index (χ0n) is 13.9. The summed E-state index contributed by atoms with van der Waals surface area (Å²) in [5.74, 6) is -0.418. The molecule has 11 heteroatoms. The Balaban J connectivity index is 1.72. The zero-order chi connectivity index (χ0) is 19.6. The number of carbonyl (C=O) groups excluding carboxylic acids is 1. The van der Waals surface area contributed by atoms with Gasteiger partial charge in [0.15, 0.2) is 16.4 Å². The number of nitrogen functional groups attached to an aromatic ring is 1. The molecule has 3 rings (SSSR count). The van der Waals surface area contributed by atoms with E-state index >= 15 is 0 Å². The number of rotatable bonds is 5. The lowest BCUT2D eigenvalue weighted by Crippen LogP contribution is -2.11. The topological polar surface area (TPSA) is 104 Å². The van der Waals surface area contributed by atoms with Crippen LogP contribution in [0.15, 0.2) is 34.2 Å². The molecule has 3 aromatic rings. The first-order valence-electron chi connectivity index (χ1n) is 7.57. The molecule has 0 aliphatic rings. The van der Waals surface area contributed by atoms with Gasteiger partial charge in [0, 0.05) is 22.9 Å². The molecule has 7 nitrogen and oxygen atoms in total. The van der Waals surface area contributed by atoms with Crippen LogP contribution in [0.2, 0.25) is 0 Å². The van der Waals surface area contributed by atoms with Crippen LogP contribution in [0.3, 0.4) is 0 Å². The highest BCUT2D eigenvalue weighted by molar-refractivity contribution is 7.99. The first-order valence-corrected chi connectivity index (χ1v) is 8.55. The van der Waals surface area contributed by atoms with Gasteiger partial charge < -0.3 is 14.9 Å². The maximum absolute atomic E-state index is 12.8. The number of fused-ring (bicyclic) bond motifs is 1. The third-order valence-corrected chi connectivity index (χ3v) is 4.38. The van der Waals surface area contributed by atoms with Gasteiger partial charge in [-0.2, -0.15) is 13.2 Å². The van der Waals surface area contributed by atoms with Gasteiger partial charge in [0.2, 0.25) is 0 Å². The van der Waals surface area contributed by atoms with Crippen LogP contribution in [0.4, 0.5) is 19.0 Å². The minimum Gasteiger partial charge on any atom is -0.465 e. The van der Waals surface area contributed by atoms with E-state index in [-0.39, 0.29) is 16.5 Å². The Hall–Kier alpha value is -2.82. The number of halogens is 3. The predicted octanol–water partition coefficient (Wildman–Crippen LogP) is 3.34. The zero-order valence-corrected chi connectivity index (χ0v) is 14.7. The van der Waals surface area contributed by atoms with Gasteiger partial charge in [-0.25, -0.2) is 14.8 Å². The van der Waals surface area contributed by atoms with Gasteiger partial charge in [-0.05, 0) is 12.5 Å². The maximum atomic E-state index is 12.8. The number of nitrogens with zero attached hydrogens (tertiary/aromatic N) is 3. The van der Waals surface area contributed by atoms with Crippen LogP contribution in [0, 0.1) is 0 Å². The van der Waals surface area contributed by atoms with Crippen LogP contribution in [-0.2, 0) is 17.3 Å². The minimum absolute atomic E-state index is 0.0676. The predicted molar refractivity (Wildman–Crippen MR) is 91.2 cm³/mol. The van der Waals surface area contributed by atoms with Crippen molar-refractivity contribution in [3.05, 3.63) is 41.5 Å². The molecule has 0 aliphatic heterocycles. The number of nitrogens with two attached hydrogens (primary N) is 1. The minimum atomic E-state index is -4.59. The fourth-order valence-corrected chi connectivity index (χ4v) is 3.11. The van der Waals surface area contributed by atoms with Crippen molar-refractivity contribution in [3.63, 3.8) is 0 Å². The van der Waals surface area contributed by atoms with Crippen LogP contribution in [0.1, 0.15) is 21.7 Å². The smallest absolute Gasteiger partial charge is 0.433 e. The summed E-state index contributed by atoms with van der Waals surface area (Å²) in [6.07, 6.45) is -1.42. The summed E-state index contributed by atoms with van der Waals surface area (Å²) in [6.45, 7) is 0. The molecule has 3 heterocycles. The molecular weight excluding hydrogens is 385 g/mol. The van der Waals surface area contributed by atoms with Gasteiger partial charge in [0.1, 0.15) is 17.6 Å². The number of aryl methyl sites for hydroxylation is 1.